The molecule has 0 aliphatic heterocycles. The lowest BCUT2D eigenvalue weighted by Crippen LogP contribution is -1.91. The molecule has 0 nitrogen and oxygen atoms in total. The molecule has 0 saturated heterocycles. The average Bonchev–Trinajstić information content (AvgIpc) is 3.30. The van der Waals surface area contributed by atoms with Crippen LogP contribution in [-0.4, -0.2) is 0 Å². The molecule has 0 unspecified atom stereocenters. The zero-order valence-electron chi connectivity index (χ0n) is 34.7. The lowest BCUT2D eigenvalue weighted by molar-refractivity contribution is 1.51. The van der Waals surface area contributed by atoms with Gasteiger partial charge >= 0.3 is 0 Å². The van der Waals surface area contributed by atoms with Crippen LogP contribution in [0.5, 0.6) is 0 Å². The van der Waals surface area contributed by atoms with Crippen LogP contribution in [0.15, 0.2) is 212 Å². The van der Waals surface area contributed by atoms with Crippen LogP contribution in [0.1, 0.15) is 16.7 Å². The zero-order chi connectivity index (χ0) is 41.0. The quantitative estimate of drug-likeness (QED) is 0.121. The van der Waals surface area contributed by atoms with Crippen LogP contribution in [0.3, 0.4) is 0 Å². The van der Waals surface area contributed by atoms with E-state index in [1.165, 1.54) is 125 Å². The Balaban J connectivity index is 0.000000108. The molecule has 0 heterocycles. The molecule has 288 valence electrons. The van der Waals surface area contributed by atoms with E-state index in [2.05, 4.69) is 233 Å². The third-order valence-corrected chi connectivity index (χ3v) is 12.7. The summed E-state index contributed by atoms with van der Waals surface area (Å²) in [6, 6.07) is 77.0. The van der Waals surface area contributed by atoms with E-state index in [9.17, 15) is 0 Å². The summed E-state index contributed by atoms with van der Waals surface area (Å²) in [6.45, 7) is 6.52. The van der Waals surface area contributed by atoms with Crippen molar-refractivity contribution in [2.75, 3.05) is 0 Å². The van der Waals surface area contributed by atoms with Crippen molar-refractivity contribution >= 4 is 86.2 Å². The Hall–Kier alpha value is -7.54. The Bertz CT molecular complexity index is 3630. The number of aryl methyl sites for hydroxylation is 3. The van der Waals surface area contributed by atoms with E-state index in [-0.39, 0.29) is 0 Å². The van der Waals surface area contributed by atoms with E-state index in [0.29, 0.717) is 0 Å². The molecule has 0 N–H and O–H groups in total. The van der Waals surface area contributed by atoms with Gasteiger partial charge < -0.3 is 0 Å². The maximum atomic E-state index is 2.33. The van der Waals surface area contributed by atoms with Crippen molar-refractivity contribution in [1.29, 1.82) is 0 Å². The second kappa shape index (κ2) is 14.9. The lowest BCUT2D eigenvalue weighted by Gasteiger charge is -2.18. The van der Waals surface area contributed by atoms with Gasteiger partial charge in [0.05, 0.1) is 0 Å². The van der Waals surface area contributed by atoms with Crippen molar-refractivity contribution in [3.05, 3.63) is 229 Å². The Morgan fingerprint density at radius 2 is 0.623 bits per heavy atom. The number of rotatable bonds is 2. The van der Waals surface area contributed by atoms with Gasteiger partial charge in [-0.15, -0.1) is 0 Å². The smallest absolute Gasteiger partial charge is 0.00241 e. The summed E-state index contributed by atoms with van der Waals surface area (Å²) < 4.78 is 0. The minimum atomic E-state index is 1.27. The highest BCUT2D eigenvalue weighted by Crippen LogP contribution is 2.44. The first kappa shape index (κ1) is 36.5. The molecule has 0 radical (unpaired) electrons. The maximum Gasteiger partial charge on any atom is -0.00241 e. The van der Waals surface area contributed by atoms with Gasteiger partial charge in [-0.25, -0.2) is 0 Å². The SMILES string of the molecule is Cc1cc2ccc3cccc4ccc(c1)c2c34.Cc1ccc2c(-c3ccccc3)c3ccccc3c(-c3ccccc3)c2c1.Cc1ccc2ccc3cccc4ccc1c2c34. The van der Waals surface area contributed by atoms with Gasteiger partial charge in [-0.3, -0.25) is 0 Å². The highest BCUT2D eigenvalue weighted by molar-refractivity contribution is 6.25. The van der Waals surface area contributed by atoms with Gasteiger partial charge in [-0.2, -0.15) is 0 Å². The minimum absolute atomic E-state index is 1.27. The third kappa shape index (κ3) is 6.31. The van der Waals surface area contributed by atoms with Gasteiger partial charge in [-0.1, -0.05) is 218 Å². The largest absolute Gasteiger partial charge is 0.0622 e. The predicted molar refractivity (Wildman–Crippen MR) is 267 cm³/mol. The van der Waals surface area contributed by atoms with Crippen LogP contribution in [0.4, 0.5) is 0 Å². The monoisotopic (exact) mass is 776 g/mol. The van der Waals surface area contributed by atoms with Crippen LogP contribution < -0.4 is 0 Å². The van der Waals surface area contributed by atoms with Crippen molar-refractivity contribution in [3.8, 4) is 22.3 Å². The molecule has 61 heavy (non-hydrogen) atoms. The number of fused-ring (bicyclic) bond motifs is 2. The fourth-order valence-electron chi connectivity index (χ4n) is 9.91. The molecule has 0 amide bonds. The maximum absolute atomic E-state index is 2.33. The summed E-state index contributed by atoms with van der Waals surface area (Å²) in [5.41, 5.74) is 9.15. The molecule has 13 aromatic carbocycles. The van der Waals surface area contributed by atoms with Gasteiger partial charge in [0.15, 0.2) is 0 Å². The molecule has 0 heteroatoms. The first-order valence-electron chi connectivity index (χ1n) is 21.3. The first-order chi connectivity index (χ1) is 30.0. The fraction of sp³-hybridized carbons (Fsp3) is 0.0492. The molecule has 13 aromatic rings. The second-order valence-electron chi connectivity index (χ2n) is 16.6. The van der Waals surface area contributed by atoms with Crippen LogP contribution in [0.2, 0.25) is 0 Å². The molecular formula is C61H44. The highest BCUT2D eigenvalue weighted by atomic mass is 14.2. The van der Waals surface area contributed by atoms with Crippen LogP contribution >= 0.6 is 0 Å². The van der Waals surface area contributed by atoms with Crippen molar-refractivity contribution in [3.63, 3.8) is 0 Å². The van der Waals surface area contributed by atoms with Crippen molar-refractivity contribution in [1.82, 2.24) is 0 Å². The summed E-state index contributed by atoms with van der Waals surface area (Å²) in [7, 11) is 0. The summed E-state index contributed by atoms with van der Waals surface area (Å²) in [5, 5.41) is 21.7. The summed E-state index contributed by atoms with van der Waals surface area (Å²) >= 11 is 0. The van der Waals surface area contributed by atoms with Gasteiger partial charge in [0, 0.05) is 0 Å². The van der Waals surface area contributed by atoms with E-state index in [1.807, 2.05) is 0 Å². The molecule has 13 rings (SSSR count). The topological polar surface area (TPSA) is 0 Å². The standard InChI is InChI=1S/C27H20.2C17H12/c1-19-16-17-24-25(18-19)27(21-12-6-3-7-13-21)23-15-9-8-14-22(23)26(24)20-10-4-2-5-11-20;1-11-9-14-7-5-12-3-2-4-13-6-8-15(10-11)17(14)16(12)13;1-11-5-6-14-8-7-12-3-2-4-13-9-10-15(11)17(14)16(12)13/h2-18H,1H3;2*2-10H,1H3. The van der Waals surface area contributed by atoms with E-state index >= 15 is 0 Å². The summed E-state index contributed by atoms with van der Waals surface area (Å²) in [5.74, 6) is 0. The van der Waals surface area contributed by atoms with E-state index in [1.54, 1.807) is 0 Å². The molecule has 0 aliphatic rings. The van der Waals surface area contributed by atoms with Crippen LogP contribution in [-0.2, 0) is 0 Å². The van der Waals surface area contributed by atoms with E-state index < -0.39 is 0 Å². The summed E-state index contributed by atoms with van der Waals surface area (Å²) in [6.07, 6.45) is 0. The number of hydrogen-bond acceptors (Lipinski definition) is 0. The molecule has 0 aromatic heterocycles. The van der Waals surface area contributed by atoms with E-state index in [4.69, 9.17) is 0 Å². The highest BCUT2D eigenvalue weighted by Gasteiger charge is 2.16. The Morgan fingerprint density at radius 3 is 1.18 bits per heavy atom. The Labute approximate surface area is 356 Å². The van der Waals surface area contributed by atoms with Gasteiger partial charge in [-0.05, 0) is 140 Å². The molecule has 0 aliphatic carbocycles. The van der Waals surface area contributed by atoms with Crippen molar-refractivity contribution in [2.45, 2.75) is 20.8 Å². The molecule has 0 spiro atoms. The molecule has 0 bridgehead atoms. The third-order valence-electron chi connectivity index (χ3n) is 12.7. The van der Waals surface area contributed by atoms with Gasteiger partial charge in [0.1, 0.15) is 0 Å². The normalized spacial score (nSPS) is 11.5. The Kier molecular flexibility index (Phi) is 8.94. The number of benzene rings is 13. The number of hydrogen-bond donors (Lipinski definition) is 0. The van der Waals surface area contributed by atoms with Crippen LogP contribution in [0.25, 0.3) is 108 Å². The Morgan fingerprint density at radius 1 is 0.230 bits per heavy atom. The van der Waals surface area contributed by atoms with Crippen molar-refractivity contribution < 1.29 is 0 Å². The zero-order valence-corrected chi connectivity index (χ0v) is 34.7. The predicted octanol–water partition coefficient (Wildman–Crippen LogP) is 17.4. The van der Waals surface area contributed by atoms with Crippen LogP contribution in [0, 0.1) is 20.8 Å². The van der Waals surface area contributed by atoms with Crippen molar-refractivity contribution in [2.24, 2.45) is 0 Å². The van der Waals surface area contributed by atoms with Gasteiger partial charge in [0.2, 0.25) is 0 Å². The first-order valence-corrected chi connectivity index (χ1v) is 21.3. The average molecular weight is 777 g/mol. The molecular weight excluding hydrogens is 733 g/mol. The van der Waals surface area contributed by atoms with E-state index in [0.717, 1.165) is 0 Å². The molecule has 0 saturated carbocycles. The summed E-state index contributed by atoms with van der Waals surface area (Å²) in [4.78, 5) is 0. The second-order valence-corrected chi connectivity index (χ2v) is 16.6. The lowest BCUT2D eigenvalue weighted by atomic mass is 9.85. The molecule has 0 atom stereocenters. The molecule has 0 fully saturated rings. The van der Waals surface area contributed by atoms with Gasteiger partial charge in [0.25, 0.3) is 0 Å². The fourth-order valence-corrected chi connectivity index (χ4v) is 9.91. The minimum Gasteiger partial charge on any atom is -0.0622 e.